The number of rotatable bonds is 8. The molecule has 1 aliphatic heterocycles. The fraction of sp³-hybridized carbons (Fsp3) is 0.296. The number of benzene rings is 3. The second-order valence-corrected chi connectivity index (χ2v) is 9.68. The molecule has 1 fully saturated rings. The van der Waals surface area contributed by atoms with E-state index in [-0.39, 0.29) is 12.0 Å². The molecule has 0 N–H and O–H groups in total. The maximum Gasteiger partial charge on any atom is 0.253 e. The monoisotopic (exact) mass is 532 g/mol. The molecular weight excluding hydrogens is 507 g/mol. The Balaban J connectivity index is 1.39. The summed E-state index contributed by atoms with van der Waals surface area (Å²) in [6.07, 6.45) is -0.143. The lowest BCUT2D eigenvalue weighted by atomic mass is 10.1. The van der Waals surface area contributed by atoms with E-state index in [1.54, 1.807) is 25.3 Å². The minimum atomic E-state index is -0.143. The minimum absolute atomic E-state index is 0.0354. The molecule has 1 saturated heterocycles. The van der Waals surface area contributed by atoms with Crippen molar-refractivity contribution in [1.29, 1.82) is 0 Å². The fourth-order valence-electron chi connectivity index (χ4n) is 4.07. The summed E-state index contributed by atoms with van der Waals surface area (Å²) in [4.78, 5) is 17.1. The average Bonchev–Trinajstić information content (AvgIpc) is 2.89. The van der Waals surface area contributed by atoms with E-state index in [1.165, 1.54) is 0 Å². The average molecular weight is 534 g/mol. The van der Waals surface area contributed by atoms with Crippen LogP contribution in [0.25, 0.3) is 0 Å². The van der Waals surface area contributed by atoms with Crippen LogP contribution in [-0.4, -0.2) is 55.5 Å². The van der Waals surface area contributed by atoms with E-state index in [0.717, 1.165) is 30.0 Å². The van der Waals surface area contributed by atoms with Crippen LogP contribution in [0.1, 0.15) is 27.6 Å². The second-order valence-electron chi connectivity index (χ2n) is 8.42. The zero-order valence-electron chi connectivity index (χ0n) is 19.4. The smallest absolute Gasteiger partial charge is 0.253 e. The molecule has 3 aromatic carbocycles. The Hall–Kier alpha value is -2.28. The minimum Gasteiger partial charge on any atom is -0.497 e. The van der Waals surface area contributed by atoms with Crippen molar-refractivity contribution in [3.05, 3.63) is 98.5 Å². The molecule has 1 amide bonds. The van der Waals surface area contributed by atoms with Gasteiger partial charge in [-0.15, -0.1) is 0 Å². The molecule has 35 heavy (non-hydrogen) atoms. The number of halogens is 3. The first kappa shape index (κ1) is 25.8. The van der Waals surface area contributed by atoms with Crippen LogP contribution in [0.4, 0.5) is 0 Å². The second kappa shape index (κ2) is 12.1. The number of hydrogen-bond acceptors (Lipinski definition) is 4. The quantitative estimate of drug-likeness (QED) is 0.337. The van der Waals surface area contributed by atoms with Gasteiger partial charge < -0.3 is 14.4 Å². The summed E-state index contributed by atoms with van der Waals surface area (Å²) in [6, 6.07) is 20.6. The highest BCUT2D eigenvalue weighted by Gasteiger charge is 2.25. The van der Waals surface area contributed by atoms with Crippen molar-refractivity contribution >= 4 is 40.7 Å². The van der Waals surface area contributed by atoms with Crippen molar-refractivity contribution in [3.8, 4) is 5.75 Å². The molecule has 0 saturated carbocycles. The highest BCUT2D eigenvalue weighted by atomic mass is 35.5. The first-order chi connectivity index (χ1) is 16.9. The number of amides is 1. The largest absolute Gasteiger partial charge is 0.497 e. The Labute approximate surface area is 221 Å². The maximum atomic E-state index is 12.9. The first-order valence-electron chi connectivity index (χ1n) is 11.4. The lowest BCUT2D eigenvalue weighted by Crippen LogP contribution is -2.49. The van der Waals surface area contributed by atoms with E-state index in [4.69, 9.17) is 44.3 Å². The van der Waals surface area contributed by atoms with Crippen molar-refractivity contribution in [2.75, 3.05) is 39.8 Å². The lowest BCUT2D eigenvalue weighted by Gasteiger charge is -2.36. The number of carbonyl (C=O) groups is 1. The summed E-state index contributed by atoms with van der Waals surface area (Å²) in [7, 11) is 1.66. The van der Waals surface area contributed by atoms with Crippen LogP contribution in [0.15, 0.2) is 66.7 Å². The Morgan fingerprint density at radius 1 is 0.914 bits per heavy atom. The number of methoxy groups -OCH3 is 1. The first-order valence-corrected chi connectivity index (χ1v) is 12.5. The Morgan fingerprint density at radius 2 is 1.66 bits per heavy atom. The van der Waals surface area contributed by atoms with Crippen molar-refractivity contribution in [1.82, 2.24) is 9.80 Å². The third-order valence-electron chi connectivity index (χ3n) is 6.08. The summed E-state index contributed by atoms with van der Waals surface area (Å²) >= 11 is 18.2. The lowest BCUT2D eigenvalue weighted by molar-refractivity contribution is 0.00337. The predicted molar refractivity (Wildman–Crippen MR) is 141 cm³/mol. The number of piperazine rings is 1. The molecule has 0 spiro atoms. The molecule has 0 radical (unpaired) electrons. The van der Waals surface area contributed by atoms with Crippen molar-refractivity contribution in [2.24, 2.45) is 0 Å². The van der Waals surface area contributed by atoms with Gasteiger partial charge in [0.25, 0.3) is 5.91 Å². The van der Waals surface area contributed by atoms with E-state index in [0.29, 0.717) is 46.9 Å². The van der Waals surface area contributed by atoms with Crippen LogP contribution in [-0.2, 0) is 11.3 Å². The molecule has 1 heterocycles. The fourth-order valence-corrected chi connectivity index (χ4v) is 4.49. The number of nitrogens with zero attached hydrogens (tertiary/aromatic N) is 2. The van der Waals surface area contributed by atoms with Gasteiger partial charge in [0.2, 0.25) is 0 Å². The Morgan fingerprint density at radius 3 is 2.34 bits per heavy atom. The van der Waals surface area contributed by atoms with Gasteiger partial charge in [0.1, 0.15) is 5.75 Å². The van der Waals surface area contributed by atoms with Crippen LogP contribution < -0.4 is 4.74 Å². The van der Waals surface area contributed by atoms with E-state index in [1.807, 2.05) is 53.4 Å². The van der Waals surface area contributed by atoms with Crippen LogP contribution in [0.3, 0.4) is 0 Å². The van der Waals surface area contributed by atoms with Gasteiger partial charge in [-0.25, -0.2) is 0 Å². The van der Waals surface area contributed by atoms with Gasteiger partial charge in [0, 0.05) is 43.3 Å². The van der Waals surface area contributed by atoms with Gasteiger partial charge in [-0.05, 0) is 53.6 Å². The zero-order valence-corrected chi connectivity index (χ0v) is 21.7. The van der Waals surface area contributed by atoms with Crippen LogP contribution in [0.5, 0.6) is 5.75 Å². The van der Waals surface area contributed by atoms with E-state index in [2.05, 4.69) is 4.90 Å². The summed E-state index contributed by atoms with van der Waals surface area (Å²) < 4.78 is 11.7. The molecule has 184 valence electrons. The van der Waals surface area contributed by atoms with E-state index >= 15 is 0 Å². The number of carbonyl (C=O) groups excluding carboxylic acids is 1. The SMILES string of the molecule is COc1cccc(COC(CN2CCN(C(=O)c3ccc(Cl)c(Cl)c3)CC2)c2ccc(Cl)cc2)c1. The van der Waals surface area contributed by atoms with Gasteiger partial charge in [-0.2, -0.15) is 0 Å². The predicted octanol–water partition coefficient (Wildman–Crippen LogP) is 6.37. The summed E-state index contributed by atoms with van der Waals surface area (Å²) in [6.45, 7) is 3.92. The summed E-state index contributed by atoms with van der Waals surface area (Å²) in [5.41, 5.74) is 2.65. The topological polar surface area (TPSA) is 42.0 Å². The summed E-state index contributed by atoms with van der Waals surface area (Å²) in [5, 5.41) is 1.51. The van der Waals surface area contributed by atoms with Gasteiger partial charge in [0.05, 0.1) is 29.9 Å². The third-order valence-corrected chi connectivity index (χ3v) is 7.07. The standard InChI is InChI=1S/C27H27Cl3N2O3/c1-34-23-4-2-3-19(15-23)18-35-26(20-5-8-22(28)9-6-20)17-31-11-13-32(14-12-31)27(33)21-7-10-24(29)25(30)16-21/h2-10,15-16,26H,11-14,17-18H2,1H3. The molecule has 8 heteroatoms. The van der Waals surface area contributed by atoms with Gasteiger partial charge in [0.15, 0.2) is 0 Å². The van der Waals surface area contributed by atoms with E-state index < -0.39 is 0 Å². The zero-order chi connectivity index (χ0) is 24.8. The summed E-state index contributed by atoms with van der Waals surface area (Å²) in [5.74, 6) is 0.767. The highest BCUT2D eigenvalue weighted by molar-refractivity contribution is 6.42. The van der Waals surface area contributed by atoms with Crippen molar-refractivity contribution < 1.29 is 14.3 Å². The van der Waals surface area contributed by atoms with E-state index in [9.17, 15) is 4.79 Å². The Kier molecular flexibility index (Phi) is 8.93. The van der Waals surface area contributed by atoms with Gasteiger partial charge >= 0.3 is 0 Å². The molecule has 1 atom stereocenters. The van der Waals surface area contributed by atoms with Crippen LogP contribution in [0, 0.1) is 0 Å². The molecule has 0 aliphatic carbocycles. The Bertz CT molecular complexity index is 1150. The molecule has 1 unspecified atom stereocenters. The molecule has 1 aliphatic rings. The van der Waals surface area contributed by atoms with Crippen LogP contribution in [0.2, 0.25) is 15.1 Å². The number of ether oxygens (including phenoxy) is 2. The van der Waals surface area contributed by atoms with Crippen molar-refractivity contribution in [3.63, 3.8) is 0 Å². The molecule has 5 nitrogen and oxygen atoms in total. The molecular formula is C27H27Cl3N2O3. The van der Waals surface area contributed by atoms with Crippen molar-refractivity contribution in [2.45, 2.75) is 12.7 Å². The maximum absolute atomic E-state index is 12.9. The normalized spacial score (nSPS) is 15.1. The molecule has 3 aromatic rings. The van der Waals surface area contributed by atoms with Crippen LogP contribution >= 0.6 is 34.8 Å². The van der Waals surface area contributed by atoms with Gasteiger partial charge in [-0.1, -0.05) is 59.1 Å². The molecule has 4 rings (SSSR count). The van der Waals surface area contributed by atoms with Gasteiger partial charge in [-0.3, -0.25) is 9.69 Å². The highest BCUT2D eigenvalue weighted by Crippen LogP contribution is 2.26. The molecule has 0 aromatic heterocycles. The third kappa shape index (κ3) is 6.90. The molecule has 0 bridgehead atoms. The number of hydrogen-bond donors (Lipinski definition) is 0.